The third-order valence-electron chi connectivity index (χ3n) is 3.73. The molecular formula is C18H36N2O3. The van der Waals surface area contributed by atoms with Gasteiger partial charge in [0.15, 0.2) is 0 Å². The first kappa shape index (κ1) is 21.9. The largest absolute Gasteiger partial charge is 0.387 e. The second-order valence-corrected chi connectivity index (χ2v) is 5.91. The van der Waals surface area contributed by atoms with Gasteiger partial charge in [-0.05, 0) is 12.3 Å². The molecule has 5 heteroatoms. The molecule has 5 nitrogen and oxygen atoms in total. The second-order valence-electron chi connectivity index (χ2n) is 5.91. The van der Waals surface area contributed by atoms with E-state index in [4.69, 9.17) is 9.47 Å². The highest BCUT2D eigenvalue weighted by Crippen LogP contribution is 2.10. The number of carbonyl (C=O) groups excluding carboxylic acids is 1. The Balaban J connectivity index is 3.26. The molecule has 0 aromatic heterocycles. The van der Waals surface area contributed by atoms with Gasteiger partial charge in [-0.15, -0.1) is 0 Å². The molecular weight excluding hydrogens is 292 g/mol. The van der Waals surface area contributed by atoms with Gasteiger partial charge in [-0.3, -0.25) is 4.79 Å². The van der Waals surface area contributed by atoms with E-state index in [2.05, 4.69) is 31.1 Å². The fourth-order valence-corrected chi connectivity index (χ4v) is 1.94. The molecule has 0 bridgehead atoms. The Labute approximate surface area is 142 Å². The van der Waals surface area contributed by atoms with Crippen LogP contribution in [0.25, 0.3) is 0 Å². The summed E-state index contributed by atoms with van der Waals surface area (Å²) >= 11 is 0. The third-order valence-corrected chi connectivity index (χ3v) is 3.73. The second kappa shape index (κ2) is 15.8. The molecule has 0 saturated heterocycles. The maximum absolute atomic E-state index is 11.0. The Morgan fingerprint density at radius 3 is 2.48 bits per heavy atom. The summed E-state index contributed by atoms with van der Waals surface area (Å²) in [5, 5.41) is 6.05. The Hall–Kier alpha value is -1.07. The van der Waals surface area contributed by atoms with Crippen molar-refractivity contribution in [1.29, 1.82) is 0 Å². The number of hydrogen-bond donors (Lipinski definition) is 2. The van der Waals surface area contributed by atoms with Gasteiger partial charge in [0.2, 0.25) is 5.91 Å². The first-order valence-corrected chi connectivity index (χ1v) is 8.93. The number of rotatable bonds is 16. The molecule has 0 aliphatic carbocycles. The molecule has 0 saturated carbocycles. The molecule has 0 rings (SSSR count). The highest BCUT2D eigenvalue weighted by molar-refractivity contribution is 5.75. The van der Waals surface area contributed by atoms with Gasteiger partial charge in [0, 0.05) is 25.2 Å². The van der Waals surface area contributed by atoms with Crippen molar-refractivity contribution in [3.8, 4) is 0 Å². The summed E-state index contributed by atoms with van der Waals surface area (Å²) in [7, 11) is 0. The van der Waals surface area contributed by atoms with E-state index < -0.39 is 0 Å². The summed E-state index contributed by atoms with van der Waals surface area (Å²) in [5.74, 6) is 0.883. The van der Waals surface area contributed by atoms with Gasteiger partial charge in [-0.2, -0.15) is 0 Å². The summed E-state index contributed by atoms with van der Waals surface area (Å²) in [6.07, 6.45) is 5.52. The van der Waals surface area contributed by atoms with Crippen LogP contribution in [0.3, 0.4) is 0 Å². The van der Waals surface area contributed by atoms with E-state index in [-0.39, 0.29) is 5.91 Å². The van der Waals surface area contributed by atoms with E-state index in [0.29, 0.717) is 39.4 Å². The van der Waals surface area contributed by atoms with Crippen molar-refractivity contribution in [2.45, 2.75) is 52.9 Å². The van der Waals surface area contributed by atoms with E-state index in [1.165, 1.54) is 25.7 Å². The molecule has 0 aromatic carbocycles. The summed E-state index contributed by atoms with van der Waals surface area (Å²) in [6.45, 7) is 14.0. The minimum Gasteiger partial charge on any atom is -0.387 e. The van der Waals surface area contributed by atoms with E-state index in [9.17, 15) is 4.79 Å². The molecule has 0 aliphatic heterocycles. The lowest BCUT2D eigenvalue weighted by molar-refractivity contribution is -0.121. The van der Waals surface area contributed by atoms with Gasteiger partial charge < -0.3 is 20.1 Å². The number of carbonyl (C=O) groups is 1. The lowest BCUT2D eigenvalue weighted by Crippen LogP contribution is -2.26. The van der Waals surface area contributed by atoms with Crippen LogP contribution in [0.15, 0.2) is 12.3 Å². The maximum atomic E-state index is 11.0. The van der Waals surface area contributed by atoms with Crippen molar-refractivity contribution in [2.24, 2.45) is 5.92 Å². The van der Waals surface area contributed by atoms with Crippen LogP contribution in [0.5, 0.6) is 0 Å². The highest BCUT2D eigenvalue weighted by Gasteiger charge is 1.99. The van der Waals surface area contributed by atoms with E-state index >= 15 is 0 Å². The monoisotopic (exact) mass is 328 g/mol. The van der Waals surface area contributed by atoms with Crippen molar-refractivity contribution in [3.05, 3.63) is 12.3 Å². The normalized spacial score (nSPS) is 12.0. The van der Waals surface area contributed by atoms with Crippen LogP contribution in [-0.2, 0) is 14.3 Å². The topological polar surface area (TPSA) is 59.6 Å². The minimum atomic E-state index is 0.0522. The van der Waals surface area contributed by atoms with Gasteiger partial charge >= 0.3 is 0 Å². The summed E-state index contributed by atoms with van der Waals surface area (Å²) in [4.78, 5) is 11.0. The molecule has 0 aliphatic rings. The minimum absolute atomic E-state index is 0.0522. The number of amides is 1. The Morgan fingerprint density at radius 1 is 1.04 bits per heavy atom. The zero-order chi connectivity index (χ0) is 17.3. The average molecular weight is 328 g/mol. The smallest absolute Gasteiger partial charge is 0.219 e. The molecule has 0 fully saturated rings. The Morgan fingerprint density at radius 2 is 1.78 bits per heavy atom. The summed E-state index contributed by atoms with van der Waals surface area (Å²) in [5.41, 5.74) is 0.920. The molecule has 1 unspecified atom stereocenters. The predicted molar refractivity (Wildman–Crippen MR) is 95.4 cm³/mol. The first-order chi connectivity index (χ1) is 11.1. The van der Waals surface area contributed by atoms with Crippen LogP contribution < -0.4 is 10.6 Å². The fourth-order valence-electron chi connectivity index (χ4n) is 1.94. The Bertz CT molecular complexity index is 309. The van der Waals surface area contributed by atoms with Crippen molar-refractivity contribution < 1.29 is 14.3 Å². The standard InChI is InChI=1S/C18H36N2O3/c1-5-16(3)9-7-8-10-19-17(4)15-23-14-13-22-12-11-20-18(21)6-2/h16,19H,4-15H2,1-3H3,(H,20,21). The fraction of sp³-hybridized carbons (Fsp3) is 0.833. The van der Waals surface area contributed by atoms with Crippen LogP contribution in [0.2, 0.25) is 0 Å². The molecule has 2 N–H and O–H groups in total. The van der Waals surface area contributed by atoms with Crippen molar-refractivity contribution in [1.82, 2.24) is 10.6 Å². The van der Waals surface area contributed by atoms with Crippen LogP contribution in [-0.4, -0.2) is 45.4 Å². The van der Waals surface area contributed by atoms with Gasteiger partial charge in [-0.25, -0.2) is 0 Å². The van der Waals surface area contributed by atoms with Crippen LogP contribution in [0.4, 0.5) is 0 Å². The molecule has 0 radical (unpaired) electrons. The quantitative estimate of drug-likeness (QED) is 0.428. The van der Waals surface area contributed by atoms with E-state index in [0.717, 1.165) is 18.2 Å². The molecule has 136 valence electrons. The van der Waals surface area contributed by atoms with Crippen LogP contribution >= 0.6 is 0 Å². The maximum Gasteiger partial charge on any atom is 0.219 e. The lowest BCUT2D eigenvalue weighted by Gasteiger charge is -2.11. The van der Waals surface area contributed by atoms with Crippen molar-refractivity contribution >= 4 is 5.91 Å². The molecule has 1 amide bonds. The molecule has 0 spiro atoms. The zero-order valence-corrected chi connectivity index (χ0v) is 15.3. The zero-order valence-electron chi connectivity index (χ0n) is 15.3. The molecule has 1 atom stereocenters. The van der Waals surface area contributed by atoms with E-state index in [1.54, 1.807) is 0 Å². The number of hydrogen-bond acceptors (Lipinski definition) is 4. The SMILES string of the molecule is C=C(COCCOCCNC(=O)CC)NCCCCC(C)CC. The number of ether oxygens (including phenoxy) is 2. The van der Waals surface area contributed by atoms with Gasteiger partial charge in [0.1, 0.15) is 0 Å². The average Bonchev–Trinajstić information content (AvgIpc) is 2.56. The van der Waals surface area contributed by atoms with Crippen molar-refractivity contribution in [2.75, 3.05) is 39.5 Å². The van der Waals surface area contributed by atoms with Crippen molar-refractivity contribution in [3.63, 3.8) is 0 Å². The van der Waals surface area contributed by atoms with Gasteiger partial charge in [0.05, 0.1) is 26.4 Å². The first-order valence-electron chi connectivity index (χ1n) is 8.93. The molecule has 0 heterocycles. The number of nitrogens with one attached hydrogen (secondary N) is 2. The summed E-state index contributed by atoms with van der Waals surface area (Å²) in [6, 6.07) is 0. The Kier molecular flexibility index (Phi) is 15.1. The van der Waals surface area contributed by atoms with E-state index in [1.807, 2.05) is 6.92 Å². The van der Waals surface area contributed by atoms with Gasteiger partial charge in [-0.1, -0.05) is 46.6 Å². The van der Waals surface area contributed by atoms with Crippen LogP contribution in [0.1, 0.15) is 52.9 Å². The van der Waals surface area contributed by atoms with Gasteiger partial charge in [0.25, 0.3) is 0 Å². The third kappa shape index (κ3) is 15.6. The molecule has 23 heavy (non-hydrogen) atoms. The number of unbranched alkanes of at least 4 members (excludes halogenated alkanes) is 1. The molecule has 0 aromatic rings. The van der Waals surface area contributed by atoms with Crippen LogP contribution in [0, 0.1) is 5.92 Å². The lowest BCUT2D eigenvalue weighted by atomic mass is 10.0. The highest BCUT2D eigenvalue weighted by atomic mass is 16.5. The summed E-state index contributed by atoms with van der Waals surface area (Å²) < 4.78 is 10.8. The predicted octanol–water partition coefficient (Wildman–Crippen LogP) is 2.87.